The molecule has 1 aromatic rings. The predicted molar refractivity (Wildman–Crippen MR) is 58.8 cm³/mol. The monoisotopic (exact) mass is 224 g/mol. The number of phenolic OH excluding ortho intramolecular Hbond substituents is 1. The summed E-state index contributed by atoms with van der Waals surface area (Å²) < 4.78 is 4.88. The molecule has 1 aromatic carbocycles. The maximum absolute atomic E-state index is 9.45. The van der Waals surface area contributed by atoms with E-state index in [1.807, 2.05) is 0 Å². The lowest BCUT2D eigenvalue weighted by Gasteiger charge is -2.03. The highest BCUT2D eigenvalue weighted by molar-refractivity contribution is 5.83. The first kappa shape index (κ1) is 11.6. The Labute approximate surface area is 91.8 Å². The van der Waals surface area contributed by atoms with E-state index in [0.29, 0.717) is 11.3 Å². The Kier molecular flexibility index (Phi) is 3.96. The van der Waals surface area contributed by atoms with E-state index in [4.69, 9.17) is 15.7 Å². The second kappa shape index (κ2) is 5.44. The summed E-state index contributed by atoms with van der Waals surface area (Å²) in [4.78, 5) is 0. The fourth-order valence-electron chi connectivity index (χ4n) is 0.983. The molecule has 0 unspecified atom stereocenters. The van der Waals surface area contributed by atoms with Crippen LogP contribution in [0.25, 0.3) is 0 Å². The Hall–Kier alpha value is -2.44. The van der Waals surface area contributed by atoms with Crippen LogP contribution in [0.5, 0.6) is 11.5 Å². The number of aromatic hydroxyl groups is 1. The summed E-state index contributed by atoms with van der Waals surface area (Å²) >= 11 is 0. The van der Waals surface area contributed by atoms with E-state index in [1.165, 1.54) is 19.4 Å². The van der Waals surface area contributed by atoms with E-state index in [2.05, 4.69) is 15.7 Å². The van der Waals surface area contributed by atoms with E-state index >= 15 is 0 Å². The molecule has 16 heavy (non-hydrogen) atoms. The second-order valence-corrected chi connectivity index (χ2v) is 2.79. The molecular weight excluding hydrogens is 212 g/mol. The number of benzene rings is 1. The third-order valence-corrected chi connectivity index (χ3v) is 1.70. The van der Waals surface area contributed by atoms with Crippen molar-refractivity contribution < 1.29 is 15.1 Å². The van der Waals surface area contributed by atoms with Crippen LogP contribution in [0.3, 0.4) is 0 Å². The number of nitrogens with one attached hydrogen (secondary N) is 1. The Morgan fingerprint density at radius 3 is 2.88 bits per heavy atom. The van der Waals surface area contributed by atoms with Crippen LogP contribution in [0.2, 0.25) is 0 Å². The van der Waals surface area contributed by atoms with Gasteiger partial charge in [0.1, 0.15) is 0 Å². The quantitative estimate of drug-likeness (QED) is 0.250. The Morgan fingerprint density at radius 1 is 1.56 bits per heavy atom. The number of hydrogen-bond donors (Lipinski definition) is 4. The molecule has 0 aromatic heterocycles. The van der Waals surface area contributed by atoms with Gasteiger partial charge in [-0.2, -0.15) is 5.10 Å². The maximum atomic E-state index is 9.45. The minimum atomic E-state index is -0.228. The van der Waals surface area contributed by atoms with E-state index in [9.17, 15) is 5.11 Å². The van der Waals surface area contributed by atoms with Crippen molar-refractivity contribution in [1.29, 1.82) is 0 Å². The van der Waals surface area contributed by atoms with Gasteiger partial charge < -0.3 is 20.8 Å². The van der Waals surface area contributed by atoms with Crippen molar-refractivity contribution in [2.45, 2.75) is 0 Å². The largest absolute Gasteiger partial charge is 0.504 e. The summed E-state index contributed by atoms with van der Waals surface area (Å²) in [6, 6.07) is 4.76. The number of hydrogen-bond acceptors (Lipinski definition) is 5. The highest BCUT2D eigenvalue weighted by atomic mass is 16.5. The van der Waals surface area contributed by atoms with Gasteiger partial charge in [-0.25, -0.2) is 5.43 Å². The number of nitrogens with zero attached hydrogens (tertiary/aromatic N) is 2. The van der Waals surface area contributed by atoms with Crippen molar-refractivity contribution in [1.82, 2.24) is 5.43 Å². The first-order valence-electron chi connectivity index (χ1n) is 4.31. The number of guanidine groups is 1. The molecule has 1 rings (SSSR count). The van der Waals surface area contributed by atoms with Crippen molar-refractivity contribution >= 4 is 12.2 Å². The van der Waals surface area contributed by atoms with Crippen LogP contribution >= 0.6 is 0 Å². The summed E-state index contributed by atoms with van der Waals surface area (Å²) in [5.74, 6) is 0.158. The zero-order chi connectivity index (χ0) is 12.0. The SMILES string of the molecule is COc1ccc(/C=N/N/C(N)=N/O)cc1O. The molecule has 0 amide bonds. The molecule has 0 fully saturated rings. The number of rotatable bonds is 3. The molecule has 7 nitrogen and oxygen atoms in total. The van der Waals surface area contributed by atoms with E-state index in [-0.39, 0.29) is 11.7 Å². The molecule has 5 N–H and O–H groups in total. The van der Waals surface area contributed by atoms with Gasteiger partial charge in [0.05, 0.1) is 13.3 Å². The Balaban J connectivity index is 2.71. The van der Waals surface area contributed by atoms with Gasteiger partial charge in [0, 0.05) is 0 Å². The number of hydrazone groups is 1. The van der Waals surface area contributed by atoms with Crippen LogP contribution in [0.15, 0.2) is 28.5 Å². The topological polar surface area (TPSA) is 112 Å². The summed E-state index contributed by atoms with van der Waals surface area (Å²) in [6.07, 6.45) is 1.40. The first-order chi connectivity index (χ1) is 7.67. The molecule has 0 heterocycles. The summed E-state index contributed by atoms with van der Waals surface area (Å²) in [7, 11) is 1.46. The van der Waals surface area contributed by atoms with E-state index in [1.54, 1.807) is 12.1 Å². The molecule has 0 aliphatic heterocycles. The van der Waals surface area contributed by atoms with Crippen LogP contribution in [0, 0.1) is 0 Å². The van der Waals surface area contributed by atoms with Gasteiger partial charge >= 0.3 is 0 Å². The van der Waals surface area contributed by atoms with Gasteiger partial charge in [-0.1, -0.05) is 0 Å². The zero-order valence-corrected chi connectivity index (χ0v) is 8.58. The predicted octanol–water partition coefficient (Wildman–Crippen LogP) is 0.0282. The number of oxime groups is 1. The molecule has 7 heteroatoms. The van der Waals surface area contributed by atoms with Crippen LogP contribution in [0.4, 0.5) is 0 Å². The Bertz CT molecular complexity index is 417. The highest BCUT2D eigenvalue weighted by Gasteiger charge is 2.00. The lowest BCUT2D eigenvalue weighted by atomic mass is 10.2. The minimum Gasteiger partial charge on any atom is -0.504 e. The lowest BCUT2D eigenvalue weighted by Crippen LogP contribution is -2.26. The van der Waals surface area contributed by atoms with Gasteiger partial charge in [-0.15, -0.1) is 0 Å². The lowest BCUT2D eigenvalue weighted by molar-refractivity contribution is 0.316. The average Bonchev–Trinajstić information content (AvgIpc) is 2.29. The third-order valence-electron chi connectivity index (χ3n) is 1.70. The van der Waals surface area contributed by atoms with Crippen LogP contribution in [-0.2, 0) is 0 Å². The summed E-state index contributed by atoms with van der Waals surface area (Å²) in [5, 5.41) is 24.0. The van der Waals surface area contributed by atoms with Crippen LogP contribution in [0.1, 0.15) is 5.56 Å². The standard InChI is InChI=1S/C9H12N4O3/c1-16-8-3-2-6(4-7(8)14)5-11-12-9(10)13-15/h2-5,14-15H,1H3,(H3,10,12,13)/b11-5+. The van der Waals surface area contributed by atoms with Crippen molar-refractivity contribution in [3.05, 3.63) is 23.8 Å². The molecule has 0 atom stereocenters. The average molecular weight is 224 g/mol. The summed E-state index contributed by atoms with van der Waals surface area (Å²) in [5.41, 5.74) is 8.02. The first-order valence-corrected chi connectivity index (χ1v) is 4.31. The number of phenols is 1. The summed E-state index contributed by atoms with van der Waals surface area (Å²) in [6.45, 7) is 0. The molecular formula is C9H12N4O3. The van der Waals surface area contributed by atoms with Gasteiger partial charge in [0.15, 0.2) is 11.5 Å². The number of nitrogens with two attached hydrogens (primary N) is 1. The van der Waals surface area contributed by atoms with Crippen LogP contribution < -0.4 is 15.9 Å². The molecule has 0 bridgehead atoms. The minimum absolute atomic E-state index is 0.00949. The van der Waals surface area contributed by atoms with Gasteiger partial charge in [-0.05, 0) is 28.9 Å². The fraction of sp³-hybridized carbons (Fsp3) is 0.111. The van der Waals surface area contributed by atoms with E-state index < -0.39 is 0 Å². The zero-order valence-electron chi connectivity index (χ0n) is 8.58. The molecule has 0 saturated carbocycles. The normalized spacial score (nSPS) is 11.7. The maximum Gasteiger partial charge on any atom is 0.251 e. The van der Waals surface area contributed by atoms with Crippen molar-refractivity contribution in [3.8, 4) is 11.5 Å². The number of ether oxygens (including phenoxy) is 1. The highest BCUT2D eigenvalue weighted by Crippen LogP contribution is 2.25. The molecule has 0 aliphatic carbocycles. The van der Waals surface area contributed by atoms with Gasteiger partial charge in [0.2, 0.25) is 0 Å². The molecule has 0 saturated heterocycles. The molecule has 0 aliphatic rings. The molecule has 86 valence electrons. The van der Waals surface area contributed by atoms with Gasteiger partial charge in [0.25, 0.3) is 5.96 Å². The second-order valence-electron chi connectivity index (χ2n) is 2.79. The molecule has 0 radical (unpaired) electrons. The smallest absolute Gasteiger partial charge is 0.251 e. The fourth-order valence-corrected chi connectivity index (χ4v) is 0.983. The molecule has 0 spiro atoms. The van der Waals surface area contributed by atoms with E-state index in [0.717, 1.165) is 0 Å². The van der Waals surface area contributed by atoms with Crippen molar-refractivity contribution in [3.63, 3.8) is 0 Å². The van der Waals surface area contributed by atoms with Crippen molar-refractivity contribution in [2.24, 2.45) is 16.0 Å². The number of methoxy groups -OCH3 is 1. The third kappa shape index (κ3) is 3.05. The van der Waals surface area contributed by atoms with Gasteiger partial charge in [-0.3, -0.25) is 0 Å². The van der Waals surface area contributed by atoms with Crippen molar-refractivity contribution in [2.75, 3.05) is 7.11 Å². The Morgan fingerprint density at radius 2 is 2.31 bits per heavy atom. The van der Waals surface area contributed by atoms with Crippen LogP contribution in [-0.4, -0.2) is 29.6 Å².